The Morgan fingerprint density at radius 2 is 1.77 bits per heavy atom. The Labute approximate surface area is 81.1 Å². The monoisotopic (exact) mass is 189 g/mol. The number of likely N-dealkylation sites (N-methyl/N-ethyl adjacent to an activating group) is 1. The van der Waals surface area contributed by atoms with Gasteiger partial charge in [-0.2, -0.15) is 0 Å². The average molecular weight is 189 g/mol. The van der Waals surface area contributed by atoms with Gasteiger partial charge in [0.05, 0.1) is 6.10 Å². The van der Waals surface area contributed by atoms with Gasteiger partial charge in [-0.05, 0) is 35.1 Å². The average Bonchev–Trinajstić information content (AvgIpc) is 2.02. The Morgan fingerprint density at radius 3 is 2.08 bits per heavy atom. The van der Waals surface area contributed by atoms with Gasteiger partial charge < -0.3 is 9.64 Å². The summed E-state index contributed by atoms with van der Waals surface area (Å²) in [5, 5.41) is 10.8. The minimum atomic E-state index is -0.215. The molecule has 0 aromatic carbocycles. The molecule has 0 aromatic rings. The summed E-state index contributed by atoms with van der Waals surface area (Å²) in [6.45, 7) is 2.44. The molecule has 0 fully saturated rings. The van der Waals surface area contributed by atoms with Crippen LogP contribution >= 0.6 is 0 Å². The number of hydrogen-bond donors (Lipinski definition) is 0. The predicted octanol–water partition coefficient (Wildman–Crippen LogP) is 0.271. The lowest BCUT2D eigenvalue weighted by Gasteiger charge is -2.26. The molecule has 4 heteroatoms. The predicted molar refractivity (Wildman–Crippen MR) is 52.1 cm³/mol. The standard InChI is InChI=1S/C9H21N2O2/c1-8(11(4)5)13-9(7-12)6-10(2)3/h8-9H,6-7H2,1-5H3. The highest BCUT2D eigenvalue weighted by atomic mass is 16.5. The van der Waals surface area contributed by atoms with Crippen LogP contribution in [0.5, 0.6) is 0 Å². The zero-order valence-electron chi connectivity index (χ0n) is 9.28. The fraction of sp³-hybridized carbons (Fsp3) is 1.00. The molecule has 0 bridgehead atoms. The van der Waals surface area contributed by atoms with E-state index in [9.17, 15) is 5.11 Å². The highest BCUT2D eigenvalue weighted by molar-refractivity contribution is 4.61. The first-order valence-corrected chi connectivity index (χ1v) is 4.52. The lowest BCUT2D eigenvalue weighted by atomic mass is 10.3. The van der Waals surface area contributed by atoms with Gasteiger partial charge in [0.1, 0.15) is 12.8 Å². The molecule has 0 saturated carbocycles. The Kier molecular flexibility index (Phi) is 6.24. The van der Waals surface area contributed by atoms with Crippen LogP contribution < -0.4 is 0 Å². The molecule has 1 radical (unpaired) electrons. The Hall–Kier alpha value is -0.160. The highest BCUT2D eigenvalue weighted by Crippen LogP contribution is 2.01. The largest absolute Gasteiger partial charge is 0.356 e. The van der Waals surface area contributed by atoms with Crippen LogP contribution in [-0.4, -0.2) is 63.5 Å². The molecule has 0 aromatic heterocycles. The molecule has 0 aliphatic heterocycles. The maximum Gasteiger partial charge on any atom is 0.110 e. The van der Waals surface area contributed by atoms with E-state index in [0.29, 0.717) is 6.54 Å². The van der Waals surface area contributed by atoms with Gasteiger partial charge in [0.25, 0.3) is 0 Å². The first kappa shape index (κ1) is 12.8. The van der Waals surface area contributed by atoms with Gasteiger partial charge in [0.2, 0.25) is 0 Å². The lowest BCUT2D eigenvalue weighted by Crippen LogP contribution is -2.38. The molecular formula is C9H21N2O2. The first-order valence-electron chi connectivity index (χ1n) is 4.52. The zero-order valence-corrected chi connectivity index (χ0v) is 9.28. The van der Waals surface area contributed by atoms with E-state index in [1.807, 2.05) is 44.9 Å². The second-order valence-electron chi connectivity index (χ2n) is 3.75. The van der Waals surface area contributed by atoms with E-state index >= 15 is 0 Å². The van der Waals surface area contributed by atoms with Crippen molar-refractivity contribution in [3.05, 3.63) is 0 Å². The SMILES string of the molecule is CC(OC(C[O])CN(C)C)N(C)C. The van der Waals surface area contributed by atoms with Crippen LogP contribution in [0, 0.1) is 0 Å². The van der Waals surface area contributed by atoms with E-state index in [-0.39, 0.29) is 18.9 Å². The molecule has 2 unspecified atom stereocenters. The van der Waals surface area contributed by atoms with Crippen molar-refractivity contribution in [1.29, 1.82) is 0 Å². The quantitative estimate of drug-likeness (QED) is 0.563. The molecule has 0 aliphatic rings. The molecule has 2 atom stereocenters. The van der Waals surface area contributed by atoms with Crippen molar-refractivity contribution >= 4 is 0 Å². The highest BCUT2D eigenvalue weighted by Gasteiger charge is 2.14. The third-order valence-electron chi connectivity index (χ3n) is 1.87. The normalized spacial score (nSPS) is 16.6. The molecule has 79 valence electrons. The van der Waals surface area contributed by atoms with Gasteiger partial charge in [0, 0.05) is 6.54 Å². The van der Waals surface area contributed by atoms with Gasteiger partial charge in [-0.3, -0.25) is 4.90 Å². The Balaban J connectivity index is 3.83. The summed E-state index contributed by atoms with van der Waals surface area (Å²) < 4.78 is 5.54. The van der Waals surface area contributed by atoms with E-state index in [2.05, 4.69) is 0 Å². The Bertz CT molecular complexity index is 129. The van der Waals surface area contributed by atoms with Gasteiger partial charge >= 0.3 is 0 Å². The van der Waals surface area contributed by atoms with Gasteiger partial charge in [0.15, 0.2) is 0 Å². The summed E-state index contributed by atoms with van der Waals surface area (Å²) in [4.78, 5) is 3.91. The molecule has 4 nitrogen and oxygen atoms in total. The van der Waals surface area contributed by atoms with Crippen LogP contribution in [0.15, 0.2) is 0 Å². The van der Waals surface area contributed by atoms with Crippen molar-refractivity contribution in [3.63, 3.8) is 0 Å². The second-order valence-corrected chi connectivity index (χ2v) is 3.75. The topological polar surface area (TPSA) is 35.6 Å². The van der Waals surface area contributed by atoms with Crippen LogP contribution in [0.3, 0.4) is 0 Å². The van der Waals surface area contributed by atoms with Crippen molar-refractivity contribution in [2.75, 3.05) is 41.3 Å². The fourth-order valence-corrected chi connectivity index (χ4v) is 0.943. The lowest BCUT2D eigenvalue weighted by molar-refractivity contribution is -0.103. The van der Waals surface area contributed by atoms with Crippen molar-refractivity contribution in [3.8, 4) is 0 Å². The fourth-order valence-electron chi connectivity index (χ4n) is 0.943. The van der Waals surface area contributed by atoms with E-state index in [1.54, 1.807) is 0 Å². The third-order valence-corrected chi connectivity index (χ3v) is 1.87. The number of hydrogen-bond acceptors (Lipinski definition) is 3. The molecule has 0 rings (SSSR count). The minimum absolute atomic E-state index is 0.00102. The van der Waals surface area contributed by atoms with E-state index < -0.39 is 0 Å². The summed E-state index contributed by atoms with van der Waals surface area (Å²) in [6.07, 6.45) is -0.216. The van der Waals surface area contributed by atoms with Crippen LogP contribution in [0.25, 0.3) is 0 Å². The minimum Gasteiger partial charge on any atom is -0.356 e. The smallest absolute Gasteiger partial charge is 0.110 e. The van der Waals surface area contributed by atoms with Gasteiger partial charge in [-0.1, -0.05) is 0 Å². The van der Waals surface area contributed by atoms with Crippen LogP contribution in [-0.2, 0) is 9.84 Å². The van der Waals surface area contributed by atoms with E-state index in [0.717, 1.165) is 0 Å². The van der Waals surface area contributed by atoms with Gasteiger partial charge in [-0.25, -0.2) is 5.11 Å². The Morgan fingerprint density at radius 1 is 1.23 bits per heavy atom. The maximum absolute atomic E-state index is 10.8. The van der Waals surface area contributed by atoms with Crippen LogP contribution in [0.2, 0.25) is 0 Å². The van der Waals surface area contributed by atoms with Crippen molar-refractivity contribution in [2.45, 2.75) is 19.3 Å². The maximum atomic E-state index is 10.8. The third kappa shape index (κ3) is 5.99. The summed E-state index contributed by atoms with van der Waals surface area (Å²) in [5.74, 6) is 0. The molecule has 0 heterocycles. The second kappa shape index (κ2) is 6.32. The molecule has 0 aliphatic carbocycles. The van der Waals surface area contributed by atoms with Crippen molar-refractivity contribution in [1.82, 2.24) is 9.80 Å². The molecule has 0 N–H and O–H groups in total. The molecule has 13 heavy (non-hydrogen) atoms. The van der Waals surface area contributed by atoms with Crippen LogP contribution in [0.1, 0.15) is 6.92 Å². The van der Waals surface area contributed by atoms with Gasteiger partial charge in [-0.15, -0.1) is 0 Å². The van der Waals surface area contributed by atoms with Crippen molar-refractivity contribution in [2.24, 2.45) is 0 Å². The molecule has 0 spiro atoms. The van der Waals surface area contributed by atoms with E-state index in [1.165, 1.54) is 0 Å². The van der Waals surface area contributed by atoms with E-state index in [4.69, 9.17) is 4.74 Å². The summed E-state index contributed by atoms with van der Waals surface area (Å²) in [6, 6.07) is 0. The summed E-state index contributed by atoms with van der Waals surface area (Å²) in [5.41, 5.74) is 0. The molecule has 0 amide bonds. The first-order chi connectivity index (χ1) is 5.97. The summed E-state index contributed by atoms with van der Waals surface area (Å²) >= 11 is 0. The van der Waals surface area contributed by atoms with Crippen LogP contribution in [0.4, 0.5) is 0 Å². The zero-order chi connectivity index (χ0) is 10.4. The molecular weight excluding hydrogens is 168 g/mol. The van der Waals surface area contributed by atoms with Crippen molar-refractivity contribution < 1.29 is 9.84 Å². The molecule has 0 saturated heterocycles. The number of rotatable bonds is 6. The number of ether oxygens (including phenoxy) is 1. The summed E-state index contributed by atoms with van der Waals surface area (Å²) in [7, 11) is 7.74. The number of nitrogens with zero attached hydrogens (tertiary/aromatic N) is 2.